The summed E-state index contributed by atoms with van der Waals surface area (Å²) in [6, 6.07) is 32.7. The first kappa shape index (κ1) is 36.6. The van der Waals surface area contributed by atoms with Gasteiger partial charge in [0.05, 0.1) is 11.1 Å². The Morgan fingerprint density at radius 1 is 0.475 bits per heavy atom. The van der Waals surface area contributed by atoms with Crippen molar-refractivity contribution in [2.24, 2.45) is 0 Å². The average molecular weight is 783 g/mol. The SMILES string of the molecule is CN1C(=O)C(c2c(CCCCCc3[nH]c4ccccc4c3C3=C(N4CCc5ccccc5C4)C(=O)N(C)C3=O)[nH]c3ccccc23)=C(N2CCc3ccccc3C2)C1=O. The summed E-state index contributed by atoms with van der Waals surface area (Å²) in [4.78, 5) is 69.8. The molecule has 4 aromatic carbocycles. The molecule has 10 rings (SSSR count). The standard InChI is InChI=1S/C49H46N6O4/c1-52-46(56)42(44(48(52)58)54-26-24-30-14-6-8-16-32(30)28-54)40-34-18-10-12-20-36(34)50-38(40)22-4-3-5-23-39-41(35-19-11-13-21-37(35)51-39)43-45(49(59)53(2)47(43)57)55-27-25-31-15-7-9-17-33(31)29-55/h6-21,50-51H,3-5,22-29H2,1-2H3. The predicted molar refractivity (Wildman–Crippen MR) is 228 cm³/mol. The van der Waals surface area contributed by atoms with Crippen LogP contribution in [0.1, 0.15) is 64.0 Å². The summed E-state index contributed by atoms with van der Waals surface area (Å²) in [5, 5.41) is 1.88. The molecule has 6 aromatic rings. The fourth-order valence-electron chi connectivity index (χ4n) is 9.79. The van der Waals surface area contributed by atoms with Gasteiger partial charge in [-0.2, -0.15) is 0 Å². The fourth-order valence-corrected chi connectivity index (χ4v) is 9.79. The van der Waals surface area contributed by atoms with Gasteiger partial charge in [-0.1, -0.05) is 91.3 Å². The molecule has 4 aliphatic rings. The first-order valence-corrected chi connectivity index (χ1v) is 20.7. The molecule has 0 radical (unpaired) electrons. The topological polar surface area (TPSA) is 113 Å². The van der Waals surface area contributed by atoms with Gasteiger partial charge >= 0.3 is 0 Å². The van der Waals surface area contributed by atoms with Gasteiger partial charge in [-0.15, -0.1) is 0 Å². The van der Waals surface area contributed by atoms with E-state index in [1.165, 1.54) is 32.1 Å². The number of aryl methyl sites for hydroxylation is 2. The van der Waals surface area contributed by atoms with Gasteiger partial charge < -0.3 is 19.8 Å². The molecule has 4 amide bonds. The normalized spacial score (nSPS) is 17.1. The first-order valence-electron chi connectivity index (χ1n) is 20.7. The number of hydrogen-bond acceptors (Lipinski definition) is 6. The Morgan fingerprint density at radius 2 is 0.864 bits per heavy atom. The number of benzene rings is 4. The molecule has 2 aromatic heterocycles. The number of aromatic amines is 2. The maximum atomic E-state index is 14.0. The molecule has 0 atom stereocenters. The van der Waals surface area contributed by atoms with Crippen molar-refractivity contribution in [2.45, 2.75) is 58.0 Å². The Labute approximate surface area is 342 Å². The Hall–Kier alpha value is -6.68. The summed E-state index contributed by atoms with van der Waals surface area (Å²) < 4.78 is 0. The summed E-state index contributed by atoms with van der Waals surface area (Å²) in [5.74, 6) is -1.05. The average Bonchev–Trinajstić information content (AvgIpc) is 3.94. The van der Waals surface area contributed by atoms with Gasteiger partial charge in [0.1, 0.15) is 11.4 Å². The highest BCUT2D eigenvalue weighted by Crippen LogP contribution is 2.41. The van der Waals surface area contributed by atoms with Gasteiger partial charge in [0.25, 0.3) is 23.6 Å². The summed E-state index contributed by atoms with van der Waals surface area (Å²) in [5.41, 5.74) is 12.3. The van der Waals surface area contributed by atoms with Crippen molar-refractivity contribution in [3.8, 4) is 0 Å². The number of H-pyrrole nitrogens is 2. The molecule has 0 bridgehead atoms. The second kappa shape index (κ2) is 14.6. The van der Waals surface area contributed by atoms with Gasteiger partial charge in [-0.25, -0.2) is 0 Å². The maximum absolute atomic E-state index is 14.0. The van der Waals surface area contributed by atoms with Crippen LogP contribution in [-0.4, -0.2) is 80.4 Å². The number of imide groups is 2. The molecule has 10 nitrogen and oxygen atoms in total. The van der Waals surface area contributed by atoms with Gasteiger partial charge in [-0.05, 0) is 72.9 Å². The monoisotopic (exact) mass is 782 g/mol. The molecule has 6 heterocycles. The van der Waals surface area contributed by atoms with Crippen molar-refractivity contribution in [3.05, 3.63) is 153 Å². The number of nitrogens with zero attached hydrogens (tertiary/aromatic N) is 4. The van der Waals surface area contributed by atoms with Crippen molar-refractivity contribution in [1.82, 2.24) is 29.6 Å². The second-order valence-corrected chi connectivity index (χ2v) is 16.3. The van der Waals surface area contributed by atoms with E-state index in [-0.39, 0.29) is 23.6 Å². The van der Waals surface area contributed by atoms with Crippen LogP contribution in [0.25, 0.3) is 33.0 Å². The number of amides is 4. The van der Waals surface area contributed by atoms with E-state index in [0.29, 0.717) is 61.6 Å². The Kier molecular flexibility index (Phi) is 9.07. The van der Waals surface area contributed by atoms with Gasteiger partial charge in [0.15, 0.2) is 0 Å². The van der Waals surface area contributed by atoms with Gasteiger partial charge in [0, 0.05) is 84.6 Å². The minimum Gasteiger partial charge on any atom is -0.362 e. The van der Waals surface area contributed by atoms with E-state index in [1.54, 1.807) is 14.1 Å². The molecular formula is C49H46N6O4. The molecule has 10 heteroatoms. The number of carbonyl (C=O) groups excluding carboxylic acids is 4. The van der Waals surface area contributed by atoms with Crippen LogP contribution in [0.4, 0.5) is 0 Å². The summed E-state index contributed by atoms with van der Waals surface area (Å²) in [6.45, 7) is 2.48. The number of nitrogens with one attached hydrogen (secondary N) is 2. The zero-order valence-electron chi connectivity index (χ0n) is 33.4. The highest BCUT2D eigenvalue weighted by molar-refractivity contribution is 6.38. The third-order valence-electron chi connectivity index (χ3n) is 12.8. The molecule has 0 spiro atoms. The van der Waals surface area contributed by atoms with Crippen molar-refractivity contribution in [1.29, 1.82) is 0 Å². The molecule has 0 unspecified atom stereocenters. The zero-order chi connectivity index (χ0) is 40.4. The van der Waals surface area contributed by atoms with Crippen LogP contribution in [0.5, 0.6) is 0 Å². The molecule has 59 heavy (non-hydrogen) atoms. The van der Waals surface area contributed by atoms with E-state index in [4.69, 9.17) is 0 Å². The largest absolute Gasteiger partial charge is 0.362 e. The maximum Gasteiger partial charge on any atom is 0.277 e. The van der Waals surface area contributed by atoms with Crippen molar-refractivity contribution in [3.63, 3.8) is 0 Å². The fraction of sp³-hybridized carbons (Fsp3) is 0.265. The molecule has 296 valence electrons. The smallest absolute Gasteiger partial charge is 0.277 e. The van der Waals surface area contributed by atoms with E-state index >= 15 is 0 Å². The third kappa shape index (κ3) is 6.08. The quantitative estimate of drug-likeness (QED) is 0.113. The minimum atomic E-state index is -0.269. The van der Waals surface area contributed by atoms with Crippen LogP contribution in [-0.2, 0) is 58.0 Å². The summed E-state index contributed by atoms with van der Waals surface area (Å²) in [7, 11) is 3.17. The van der Waals surface area contributed by atoms with E-state index < -0.39 is 0 Å². The number of likely N-dealkylation sites (N-methyl/N-ethyl adjacent to an activating group) is 2. The van der Waals surface area contributed by atoms with E-state index in [9.17, 15) is 19.2 Å². The first-order chi connectivity index (χ1) is 28.8. The summed E-state index contributed by atoms with van der Waals surface area (Å²) in [6.07, 6.45) is 5.57. The van der Waals surface area contributed by atoms with Crippen molar-refractivity contribution < 1.29 is 19.2 Å². The van der Waals surface area contributed by atoms with E-state index in [0.717, 1.165) is 76.4 Å². The molecule has 0 aliphatic carbocycles. The number of hydrogen-bond donors (Lipinski definition) is 2. The highest BCUT2D eigenvalue weighted by Gasteiger charge is 2.43. The number of rotatable bonds is 10. The molecule has 2 N–H and O–H groups in total. The molecule has 0 fully saturated rings. The van der Waals surface area contributed by atoms with Crippen molar-refractivity contribution in [2.75, 3.05) is 27.2 Å². The second-order valence-electron chi connectivity index (χ2n) is 16.3. The van der Waals surface area contributed by atoms with Crippen LogP contribution < -0.4 is 0 Å². The predicted octanol–water partition coefficient (Wildman–Crippen LogP) is 7.14. The lowest BCUT2D eigenvalue weighted by Gasteiger charge is -2.31. The number of aromatic nitrogens is 2. The lowest BCUT2D eigenvalue weighted by atomic mass is 9.94. The zero-order valence-corrected chi connectivity index (χ0v) is 33.4. The lowest BCUT2D eigenvalue weighted by Crippen LogP contribution is -2.35. The Morgan fingerprint density at radius 3 is 1.31 bits per heavy atom. The van der Waals surface area contributed by atoms with Crippen LogP contribution in [0.15, 0.2) is 108 Å². The Balaban J connectivity index is 0.934. The van der Waals surface area contributed by atoms with Crippen molar-refractivity contribution >= 4 is 56.6 Å². The van der Waals surface area contributed by atoms with E-state index in [1.807, 2.05) is 60.7 Å². The third-order valence-corrected chi connectivity index (χ3v) is 12.8. The number of unbranched alkanes of at least 4 members (excludes halogenated alkanes) is 2. The van der Waals surface area contributed by atoms with Crippen LogP contribution in [0, 0.1) is 0 Å². The molecule has 0 saturated carbocycles. The van der Waals surface area contributed by atoms with Gasteiger partial charge in [0.2, 0.25) is 0 Å². The lowest BCUT2D eigenvalue weighted by molar-refractivity contribution is -0.137. The van der Waals surface area contributed by atoms with Crippen LogP contribution >= 0.6 is 0 Å². The highest BCUT2D eigenvalue weighted by atomic mass is 16.2. The van der Waals surface area contributed by atoms with Crippen LogP contribution in [0.3, 0.4) is 0 Å². The minimum absolute atomic E-state index is 0.258. The number of fused-ring (bicyclic) bond motifs is 4. The van der Waals surface area contributed by atoms with Crippen LogP contribution in [0.2, 0.25) is 0 Å². The molecule has 0 saturated heterocycles. The van der Waals surface area contributed by atoms with E-state index in [2.05, 4.69) is 56.2 Å². The number of para-hydroxylation sites is 2. The summed E-state index contributed by atoms with van der Waals surface area (Å²) >= 11 is 0. The van der Waals surface area contributed by atoms with Gasteiger partial charge in [-0.3, -0.25) is 29.0 Å². The Bertz CT molecular complexity index is 2620. The molecular weight excluding hydrogens is 737 g/mol. The molecule has 4 aliphatic heterocycles. The number of carbonyl (C=O) groups is 4.